The minimum atomic E-state index is -3.12. The van der Waals surface area contributed by atoms with E-state index in [9.17, 15) is 8.42 Å². The summed E-state index contributed by atoms with van der Waals surface area (Å²) < 4.78 is 30.0. The van der Waals surface area contributed by atoms with Crippen molar-refractivity contribution >= 4 is 10.0 Å². The summed E-state index contributed by atoms with van der Waals surface area (Å²) in [6.07, 6.45) is 1.81. The van der Waals surface area contributed by atoms with Gasteiger partial charge in [-0.2, -0.15) is 0 Å². The summed E-state index contributed by atoms with van der Waals surface area (Å²) in [7, 11) is -3.12. The predicted octanol–water partition coefficient (Wildman–Crippen LogP) is 2.57. The third kappa shape index (κ3) is 5.03. The molecule has 0 heterocycles. The maximum Gasteiger partial charge on any atom is 0.208 e. The Balaban J connectivity index is 1.90. The van der Waals surface area contributed by atoms with Crippen molar-refractivity contribution in [2.75, 3.05) is 12.8 Å². The molecular weight excluding hydrogens is 274 g/mol. The van der Waals surface area contributed by atoms with Gasteiger partial charge in [-0.25, -0.2) is 13.1 Å². The van der Waals surface area contributed by atoms with Gasteiger partial charge in [0.05, 0.1) is 6.26 Å². The Morgan fingerprint density at radius 3 is 2.15 bits per heavy atom. The van der Waals surface area contributed by atoms with Crippen LogP contribution in [0.15, 0.2) is 54.6 Å². The lowest BCUT2D eigenvalue weighted by Gasteiger charge is -2.07. The van der Waals surface area contributed by atoms with Crippen molar-refractivity contribution in [2.45, 2.75) is 6.42 Å². The van der Waals surface area contributed by atoms with E-state index in [4.69, 9.17) is 4.74 Å². The van der Waals surface area contributed by atoms with Gasteiger partial charge in [0.1, 0.15) is 11.5 Å². The predicted molar refractivity (Wildman–Crippen MR) is 79.5 cm³/mol. The van der Waals surface area contributed by atoms with Gasteiger partial charge < -0.3 is 4.74 Å². The first-order valence-corrected chi connectivity index (χ1v) is 8.18. The van der Waals surface area contributed by atoms with Crippen LogP contribution in [0.1, 0.15) is 5.56 Å². The van der Waals surface area contributed by atoms with E-state index in [2.05, 4.69) is 4.72 Å². The topological polar surface area (TPSA) is 55.4 Å². The molecule has 5 heteroatoms. The number of hydrogen-bond donors (Lipinski definition) is 1. The molecule has 0 aliphatic heterocycles. The fourth-order valence-corrected chi connectivity index (χ4v) is 2.20. The van der Waals surface area contributed by atoms with Crippen molar-refractivity contribution in [1.29, 1.82) is 0 Å². The lowest BCUT2D eigenvalue weighted by Crippen LogP contribution is -2.24. The van der Waals surface area contributed by atoms with E-state index in [0.717, 1.165) is 23.3 Å². The van der Waals surface area contributed by atoms with Crippen molar-refractivity contribution in [3.8, 4) is 11.5 Å². The second-order valence-corrected chi connectivity index (χ2v) is 6.31. The van der Waals surface area contributed by atoms with Gasteiger partial charge in [-0.05, 0) is 36.2 Å². The number of nitrogens with one attached hydrogen (secondary N) is 1. The molecule has 0 saturated carbocycles. The van der Waals surface area contributed by atoms with Crippen LogP contribution in [0.3, 0.4) is 0 Å². The minimum absolute atomic E-state index is 0.401. The third-order valence-electron chi connectivity index (χ3n) is 2.68. The summed E-state index contributed by atoms with van der Waals surface area (Å²) in [4.78, 5) is 0. The van der Waals surface area contributed by atoms with E-state index in [1.807, 2.05) is 54.6 Å². The third-order valence-corrected chi connectivity index (χ3v) is 3.41. The number of hydrogen-bond acceptors (Lipinski definition) is 3. The molecule has 20 heavy (non-hydrogen) atoms. The molecule has 0 bridgehead atoms. The Hall–Kier alpha value is -1.85. The normalized spacial score (nSPS) is 11.2. The van der Waals surface area contributed by atoms with E-state index in [1.54, 1.807) is 0 Å². The largest absolute Gasteiger partial charge is 0.457 e. The molecule has 0 radical (unpaired) electrons. The second-order valence-electron chi connectivity index (χ2n) is 4.48. The molecule has 4 nitrogen and oxygen atoms in total. The Kier molecular flexibility index (Phi) is 4.76. The Morgan fingerprint density at radius 1 is 0.950 bits per heavy atom. The first kappa shape index (κ1) is 14.6. The zero-order chi connectivity index (χ0) is 14.4. The summed E-state index contributed by atoms with van der Waals surface area (Å²) in [5.74, 6) is 1.55. The summed E-state index contributed by atoms with van der Waals surface area (Å²) >= 11 is 0. The van der Waals surface area contributed by atoms with Gasteiger partial charge in [-0.3, -0.25) is 0 Å². The standard InChI is InChI=1S/C15H17NO3S/c1-20(17,18)16-12-11-13-7-9-15(10-8-13)19-14-5-3-2-4-6-14/h2-10,16H,11-12H2,1H3. The number of sulfonamides is 1. The van der Waals surface area contributed by atoms with Crippen LogP contribution in [0.5, 0.6) is 11.5 Å². The molecule has 0 aliphatic carbocycles. The van der Waals surface area contributed by atoms with Crippen LogP contribution in [0.4, 0.5) is 0 Å². The van der Waals surface area contributed by atoms with Crippen LogP contribution in [-0.2, 0) is 16.4 Å². The van der Waals surface area contributed by atoms with Crippen molar-refractivity contribution in [2.24, 2.45) is 0 Å². The smallest absolute Gasteiger partial charge is 0.208 e. The SMILES string of the molecule is CS(=O)(=O)NCCc1ccc(Oc2ccccc2)cc1. The quantitative estimate of drug-likeness (QED) is 0.890. The molecular formula is C15H17NO3S. The average Bonchev–Trinajstić information content (AvgIpc) is 2.41. The molecule has 106 valence electrons. The molecule has 2 aromatic carbocycles. The van der Waals surface area contributed by atoms with E-state index in [-0.39, 0.29) is 0 Å². The number of para-hydroxylation sites is 1. The van der Waals surface area contributed by atoms with Gasteiger partial charge in [0.25, 0.3) is 0 Å². The highest BCUT2D eigenvalue weighted by Crippen LogP contribution is 2.21. The summed E-state index contributed by atoms with van der Waals surface area (Å²) in [5, 5.41) is 0. The molecule has 0 atom stereocenters. The minimum Gasteiger partial charge on any atom is -0.457 e. The molecule has 0 amide bonds. The van der Waals surface area contributed by atoms with Crippen molar-refractivity contribution in [3.05, 3.63) is 60.2 Å². The van der Waals surface area contributed by atoms with E-state index in [0.29, 0.717) is 13.0 Å². The maximum absolute atomic E-state index is 10.9. The van der Waals surface area contributed by atoms with Crippen LogP contribution in [0.2, 0.25) is 0 Å². The van der Waals surface area contributed by atoms with Crippen LogP contribution in [0, 0.1) is 0 Å². The number of benzene rings is 2. The lowest BCUT2D eigenvalue weighted by atomic mass is 10.1. The number of ether oxygens (including phenoxy) is 1. The molecule has 2 aromatic rings. The molecule has 0 unspecified atom stereocenters. The zero-order valence-electron chi connectivity index (χ0n) is 11.2. The van der Waals surface area contributed by atoms with Crippen LogP contribution in [-0.4, -0.2) is 21.2 Å². The maximum atomic E-state index is 10.9. The van der Waals surface area contributed by atoms with Gasteiger partial charge in [0.2, 0.25) is 10.0 Å². The lowest BCUT2D eigenvalue weighted by molar-refractivity contribution is 0.482. The highest BCUT2D eigenvalue weighted by molar-refractivity contribution is 7.88. The fourth-order valence-electron chi connectivity index (χ4n) is 1.73. The molecule has 0 saturated heterocycles. The average molecular weight is 291 g/mol. The van der Waals surface area contributed by atoms with Crippen LogP contribution >= 0.6 is 0 Å². The Bertz CT molecular complexity index is 637. The van der Waals surface area contributed by atoms with Crippen molar-refractivity contribution < 1.29 is 13.2 Å². The number of rotatable bonds is 6. The molecule has 0 aromatic heterocycles. The van der Waals surface area contributed by atoms with E-state index in [1.165, 1.54) is 0 Å². The highest BCUT2D eigenvalue weighted by atomic mass is 32.2. The molecule has 0 aliphatic rings. The van der Waals surface area contributed by atoms with Gasteiger partial charge in [-0.15, -0.1) is 0 Å². The monoisotopic (exact) mass is 291 g/mol. The molecule has 0 spiro atoms. The van der Waals surface area contributed by atoms with Crippen LogP contribution < -0.4 is 9.46 Å². The van der Waals surface area contributed by atoms with Gasteiger partial charge in [0.15, 0.2) is 0 Å². The van der Waals surface area contributed by atoms with E-state index >= 15 is 0 Å². The fraction of sp³-hybridized carbons (Fsp3) is 0.200. The Morgan fingerprint density at radius 2 is 1.55 bits per heavy atom. The van der Waals surface area contributed by atoms with Crippen molar-refractivity contribution in [3.63, 3.8) is 0 Å². The van der Waals surface area contributed by atoms with Crippen molar-refractivity contribution in [1.82, 2.24) is 4.72 Å². The zero-order valence-corrected chi connectivity index (χ0v) is 12.1. The highest BCUT2D eigenvalue weighted by Gasteiger charge is 2.01. The van der Waals surface area contributed by atoms with Gasteiger partial charge >= 0.3 is 0 Å². The molecule has 2 rings (SSSR count). The second kappa shape index (κ2) is 6.54. The summed E-state index contributed by atoms with van der Waals surface area (Å²) in [5.41, 5.74) is 1.06. The summed E-state index contributed by atoms with van der Waals surface area (Å²) in [6.45, 7) is 0.401. The van der Waals surface area contributed by atoms with Crippen LogP contribution in [0.25, 0.3) is 0 Å². The Labute approximate surface area is 119 Å². The first-order valence-electron chi connectivity index (χ1n) is 6.29. The first-order chi connectivity index (χ1) is 9.53. The summed E-state index contributed by atoms with van der Waals surface area (Å²) in [6, 6.07) is 17.2. The van der Waals surface area contributed by atoms with E-state index < -0.39 is 10.0 Å². The van der Waals surface area contributed by atoms with Gasteiger partial charge in [0, 0.05) is 6.54 Å². The molecule has 1 N–H and O–H groups in total. The van der Waals surface area contributed by atoms with Gasteiger partial charge in [-0.1, -0.05) is 30.3 Å². The molecule has 0 fully saturated rings.